The lowest BCUT2D eigenvalue weighted by Gasteiger charge is -2.10. The van der Waals surface area contributed by atoms with Crippen LogP contribution in [0.3, 0.4) is 0 Å². The van der Waals surface area contributed by atoms with E-state index in [-0.39, 0.29) is 10.7 Å². The van der Waals surface area contributed by atoms with Gasteiger partial charge in [-0.05, 0) is 35.5 Å². The topological polar surface area (TPSA) is 77.8 Å². The van der Waals surface area contributed by atoms with Gasteiger partial charge in [-0.15, -0.1) is 0 Å². The van der Waals surface area contributed by atoms with Crippen LogP contribution in [0, 0.1) is 0 Å². The van der Waals surface area contributed by atoms with Crippen LogP contribution in [-0.2, 0) is 4.79 Å². The fourth-order valence-electron chi connectivity index (χ4n) is 1.49. The minimum Gasteiger partial charge on any atom is -0.508 e. The standard InChI is InChI=1S/C12H9NO4S2/c14-8-3-1-7(2-4-8)5-9-11(18)13(6-10(15)16)12(17)19-9/h1-5,14H,6H2,(H,15,16). The van der Waals surface area contributed by atoms with E-state index in [1.54, 1.807) is 18.2 Å². The number of phenols is 1. The number of carboxylic acids is 1. The molecule has 0 radical (unpaired) electrons. The van der Waals surface area contributed by atoms with E-state index in [9.17, 15) is 14.7 Å². The molecule has 0 aliphatic carbocycles. The molecule has 1 aromatic rings. The third-order valence-electron chi connectivity index (χ3n) is 2.36. The number of hydrogen-bond acceptors (Lipinski definition) is 5. The number of thiocarbonyl (C=S) groups is 1. The number of phenolic OH excluding ortho intramolecular Hbond substituents is 1. The number of hydrogen-bond donors (Lipinski definition) is 2. The van der Waals surface area contributed by atoms with Crippen molar-refractivity contribution >= 4 is 46.3 Å². The first kappa shape index (κ1) is 13.6. The van der Waals surface area contributed by atoms with Crippen molar-refractivity contribution in [1.82, 2.24) is 4.90 Å². The van der Waals surface area contributed by atoms with Crippen molar-refractivity contribution in [2.75, 3.05) is 6.54 Å². The lowest BCUT2D eigenvalue weighted by atomic mass is 10.2. The molecule has 0 saturated carbocycles. The van der Waals surface area contributed by atoms with Gasteiger partial charge in [0, 0.05) is 0 Å². The molecule has 0 atom stereocenters. The zero-order chi connectivity index (χ0) is 14.0. The van der Waals surface area contributed by atoms with Crippen LogP contribution in [0.4, 0.5) is 4.79 Å². The van der Waals surface area contributed by atoms with E-state index >= 15 is 0 Å². The molecule has 0 spiro atoms. The molecular weight excluding hydrogens is 286 g/mol. The fourth-order valence-corrected chi connectivity index (χ4v) is 2.73. The summed E-state index contributed by atoms with van der Waals surface area (Å²) in [5.74, 6) is -0.963. The molecule has 0 aromatic heterocycles. The number of carbonyl (C=O) groups is 2. The van der Waals surface area contributed by atoms with Gasteiger partial charge in [-0.3, -0.25) is 14.5 Å². The average molecular weight is 295 g/mol. The molecule has 1 heterocycles. The second kappa shape index (κ2) is 5.41. The minimum absolute atomic E-state index is 0.146. The highest BCUT2D eigenvalue weighted by molar-refractivity contribution is 8.19. The second-order valence-corrected chi connectivity index (χ2v) is 5.13. The summed E-state index contributed by atoms with van der Waals surface area (Å²) in [7, 11) is 0. The van der Waals surface area contributed by atoms with Crippen LogP contribution in [0.25, 0.3) is 6.08 Å². The number of nitrogens with zero attached hydrogens (tertiary/aromatic N) is 1. The van der Waals surface area contributed by atoms with Crippen molar-refractivity contribution < 1.29 is 19.8 Å². The number of thioether (sulfide) groups is 1. The van der Waals surface area contributed by atoms with Gasteiger partial charge >= 0.3 is 5.97 Å². The Hall–Kier alpha value is -1.86. The maximum atomic E-state index is 11.6. The lowest BCUT2D eigenvalue weighted by Crippen LogP contribution is -2.32. The maximum absolute atomic E-state index is 11.6. The summed E-state index contributed by atoms with van der Waals surface area (Å²) >= 11 is 5.99. The van der Waals surface area contributed by atoms with E-state index in [1.807, 2.05) is 0 Å². The Bertz CT molecular complexity index is 580. The molecular formula is C12H9NO4S2. The normalized spacial score (nSPS) is 17.3. The number of rotatable bonds is 3. The van der Waals surface area contributed by atoms with Crippen molar-refractivity contribution in [2.24, 2.45) is 0 Å². The first-order valence-corrected chi connectivity index (χ1v) is 6.46. The second-order valence-electron chi connectivity index (χ2n) is 3.75. The van der Waals surface area contributed by atoms with Gasteiger partial charge in [-0.2, -0.15) is 0 Å². The van der Waals surface area contributed by atoms with E-state index in [2.05, 4.69) is 0 Å². The SMILES string of the molecule is O=C(O)CN1C(=O)SC(=Cc2ccc(O)cc2)C1=S. The van der Waals surface area contributed by atoms with Gasteiger partial charge in [0.2, 0.25) is 0 Å². The summed E-state index contributed by atoms with van der Waals surface area (Å²) < 4.78 is 0. The molecule has 0 unspecified atom stereocenters. The molecule has 1 aliphatic rings. The number of aromatic hydroxyl groups is 1. The van der Waals surface area contributed by atoms with Crippen LogP contribution in [-0.4, -0.2) is 37.9 Å². The van der Waals surface area contributed by atoms with E-state index in [1.165, 1.54) is 12.1 Å². The van der Waals surface area contributed by atoms with Crippen LogP contribution in [0.2, 0.25) is 0 Å². The molecule has 1 fully saturated rings. The van der Waals surface area contributed by atoms with Crippen molar-refractivity contribution in [2.45, 2.75) is 0 Å². The Labute approximate surface area is 118 Å². The predicted octanol–water partition coefficient (Wildman–Crippen LogP) is 2.31. The average Bonchev–Trinajstić information content (AvgIpc) is 2.60. The summed E-state index contributed by atoms with van der Waals surface area (Å²) in [6.07, 6.45) is 1.69. The Balaban J connectivity index is 2.23. The third kappa shape index (κ3) is 3.12. The number of benzene rings is 1. The lowest BCUT2D eigenvalue weighted by molar-refractivity contribution is -0.136. The molecule has 0 bridgehead atoms. The fraction of sp³-hybridized carbons (Fsp3) is 0.0833. The highest BCUT2D eigenvalue weighted by atomic mass is 32.2. The third-order valence-corrected chi connectivity index (χ3v) is 3.85. The Morgan fingerprint density at radius 2 is 2.00 bits per heavy atom. The zero-order valence-corrected chi connectivity index (χ0v) is 11.2. The number of carboxylic acid groups (broad SMARTS) is 1. The highest BCUT2D eigenvalue weighted by Crippen LogP contribution is 2.33. The summed E-state index contributed by atoms with van der Waals surface area (Å²) in [6.45, 7) is -0.433. The molecule has 98 valence electrons. The Kier molecular flexibility index (Phi) is 3.87. The molecule has 5 nitrogen and oxygen atoms in total. The number of aliphatic carboxylic acids is 1. The van der Waals surface area contributed by atoms with Crippen LogP contribution < -0.4 is 0 Å². The van der Waals surface area contributed by atoms with Crippen molar-refractivity contribution in [3.05, 3.63) is 34.7 Å². The van der Waals surface area contributed by atoms with Crippen LogP contribution >= 0.6 is 24.0 Å². The van der Waals surface area contributed by atoms with Gasteiger partial charge in [0.1, 0.15) is 17.3 Å². The van der Waals surface area contributed by atoms with E-state index in [4.69, 9.17) is 17.3 Å². The van der Waals surface area contributed by atoms with Gasteiger partial charge < -0.3 is 10.2 Å². The maximum Gasteiger partial charge on any atom is 0.323 e. The van der Waals surface area contributed by atoms with E-state index in [0.717, 1.165) is 22.2 Å². The molecule has 1 amide bonds. The summed E-state index contributed by atoms with van der Waals surface area (Å²) in [4.78, 5) is 24.1. The summed E-state index contributed by atoms with van der Waals surface area (Å²) in [5, 5.41) is 17.5. The largest absolute Gasteiger partial charge is 0.508 e. The molecule has 1 aromatic carbocycles. The molecule has 19 heavy (non-hydrogen) atoms. The minimum atomic E-state index is -1.11. The van der Waals surface area contributed by atoms with Gasteiger partial charge in [0.15, 0.2) is 0 Å². The molecule has 2 rings (SSSR count). The smallest absolute Gasteiger partial charge is 0.323 e. The van der Waals surface area contributed by atoms with Crippen molar-refractivity contribution in [3.63, 3.8) is 0 Å². The predicted molar refractivity (Wildman–Crippen MR) is 76.0 cm³/mol. The van der Waals surface area contributed by atoms with Gasteiger partial charge in [0.25, 0.3) is 5.24 Å². The monoisotopic (exact) mass is 295 g/mol. The van der Waals surface area contributed by atoms with Gasteiger partial charge in [0.05, 0.1) is 4.91 Å². The molecule has 2 N–H and O–H groups in total. The van der Waals surface area contributed by atoms with Crippen molar-refractivity contribution in [3.8, 4) is 5.75 Å². The van der Waals surface area contributed by atoms with Crippen LogP contribution in [0.5, 0.6) is 5.75 Å². The van der Waals surface area contributed by atoms with Gasteiger partial charge in [-0.1, -0.05) is 24.4 Å². The quantitative estimate of drug-likeness (QED) is 0.658. The zero-order valence-electron chi connectivity index (χ0n) is 9.57. The van der Waals surface area contributed by atoms with Gasteiger partial charge in [-0.25, -0.2) is 0 Å². The number of amides is 1. The summed E-state index contributed by atoms with van der Waals surface area (Å²) in [6, 6.07) is 6.39. The van der Waals surface area contributed by atoms with E-state index < -0.39 is 17.8 Å². The van der Waals surface area contributed by atoms with E-state index in [0.29, 0.717) is 4.91 Å². The van der Waals surface area contributed by atoms with Crippen LogP contribution in [0.15, 0.2) is 29.2 Å². The molecule has 1 aliphatic heterocycles. The van der Waals surface area contributed by atoms with Crippen molar-refractivity contribution in [1.29, 1.82) is 0 Å². The first-order valence-electron chi connectivity index (χ1n) is 5.23. The molecule has 1 saturated heterocycles. The summed E-state index contributed by atoms with van der Waals surface area (Å²) in [5.41, 5.74) is 0.771. The molecule has 7 heteroatoms. The Morgan fingerprint density at radius 3 is 2.58 bits per heavy atom. The van der Waals surface area contributed by atoms with Crippen LogP contribution in [0.1, 0.15) is 5.56 Å². The first-order chi connectivity index (χ1) is 8.97. The highest BCUT2D eigenvalue weighted by Gasteiger charge is 2.32. The Morgan fingerprint density at radius 1 is 1.37 bits per heavy atom. The number of carbonyl (C=O) groups excluding carboxylic acids is 1.